The molecule has 0 radical (unpaired) electrons. The van der Waals surface area contributed by atoms with Gasteiger partial charge < -0.3 is 9.64 Å². The van der Waals surface area contributed by atoms with Crippen LogP contribution >= 0.6 is 11.8 Å². The molecule has 1 heterocycles. The first-order valence-electron chi connectivity index (χ1n) is 10.5. The summed E-state index contributed by atoms with van der Waals surface area (Å²) >= 11 is 1.82. The van der Waals surface area contributed by atoms with Gasteiger partial charge in [-0.25, -0.2) is 0 Å². The van der Waals surface area contributed by atoms with Crippen LogP contribution in [0.3, 0.4) is 0 Å². The summed E-state index contributed by atoms with van der Waals surface area (Å²) in [6.07, 6.45) is 0.795. The molecule has 1 aliphatic rings. The minimum atomic E-state index is -0.107. The molecule has 0 spiro atoms. The van der Waals surface area contributed by atoms with Crippen molar-refractivity contribution in [2.45, 2.75) is 31.2 Å². The van der Waals surface area contributed by atoms with Crippen LogP contribution in [0.15, 0.2) is 84.9 Å². The van der Waals surface area contributed by atoms with Crippen molar-refractivity contribution in [3.8, 4) is 5.75 Å². The van der Waals surface area contributed by atoms with E-state index >= 15 is 0 Å². The quantitative estimate of drug-likeness (QED) is 0.470. The van der Waals surface area contributed by atoms with Crippen molar-refractivity contribution in [3.05, 3.63) is 102 Å². The minimum absolute atomic E-state index is 0.0118. The van der Waals surface area contributed by atoms with Crippen LogP contribution in [0.2, 0.25) is 0 Å². The maximum atomic E-state index is 13.5. The fourth-order valence-corrected chi connectivity index (χ4v) is 5.23. The van der Waals surface area contributed by atoms with E-state index in [0.29, 0.717) is 6.61 Å². The first kappa shape index (κ1) is 20.5. The first-order valence-corrected chi connectivity index (χ1v) is 11.6. The van der Waals surface area contributed by atoms with Gasteiger partial charge in [-0.2, -0.15) is 0 Å². The van der Waals surface area contributed by atoms with Gasteiger partial charge in [0, 0.05) is 17.9 Å². The summed E-state index contributed by atoms with van der Waals surface area (Å²) in [5.74, 6) is 1.89. The summed E-state index contributed by atoms with van der Waals surface area (Å²) in [6.45, 7) is 3.38. The number of thioether (sulfide) groups is 1. The topological polar surface area (TPSA) is 29.5 Å². The molecule has 4 rings (SSSR count). The number of amides is 1. The Bertz CT molecular complexity index is 961. The number of nitrogens with zero attached hydrogens (tertiary/aromatic N) is 1. The lowest BCUT2D eigenvalue weighted by Gasteiger charge is -2.29. The van der Waals surface area contributed by atoms with Crippen LogP contribution in [0.5, 0.6) is 5.75 Å². The number of hydrogen-bond acceptors (Lipinski definition) is 3. The van der Waals surface area contributed by atoms with Crippen molar-refractivity contribution in [1.82, 2.24) is 4.90 Å². The molecular weight excluding hydrogens is 390 g/mol. The van der Waals surface area contributed by atoms with Crippen LogP contribution < -0.4 is 4.74 Å². The van der Waals surface area contributed by atoms with E-state index in [9.17, 15) is 4.79 Å². The van der Waals surface area contributed by atoms with E-state index in [4.69, 9.17) is 4.74 Å². The molecule has 0 aliphatic carbocycles. The number of hydrogen-bond donors (Lipinski definition) is 0. The van der Waals surface area contributed by atoms with Crippen molar-refractivity contribution < 1.29 is 9.53 Å². The van der Waals surface area contributed by atoms with Crippen molar-refractivity contribution in [2.24, 2.45) is 0 Å². The van der Waals surface area contributed by atoms with Gasteiger partial charge in [-0.1, -0.05) is 85.8 Å². The second-order valence-corrected chi connectivity index (χ2v) is 8.63. The Labute approximate surface area is 183 Å². The Morgan fingerprint density at radius 1 is 1.00 bits per heavy atom. The molecule has 3 aromatic carbocycles. The maximum Gasteiger partial charge on any atom is 0.231 e. The molecule has 0 bridgehead atoms. The molecule has 1 aliphatic heterocycles. The summed E-state index contributed by atoms with van der Waals surface area (Å²) < 4.78 is 6.18. The smallest absolute Gasteiger partial charge is 0.231 e. The summed E-state index contributed by atoms with van der Waals surface area (Å²) in [7, 11) is 0. The third kappa shape index (κ3) is 4.54. The molecular formula is C26H27NO2S. The standard InChI is InChI=1S/C26H27NO2S/c1-2-22(21-13-7-4-8-14-21)25(28)27-17-18-30-26(27)23-15-9-10-16-24(23)29-19-20-11-5-3-6-12-20/h3-16,22,26H,2,17-19H2,1H3. The van der Waals surface area contributed by atoms with Crippen LogP contribution in [-0.4, -0.2) is 23.1 Å². The molecule has 0 saturated carbocycles. The number of carbonyl (C=O) groups excluding carboxylic acids is 1. The lowest BCUT2D eigenvalue weighted by Crippen LogP contribution is -2.34. The zero-order valence-corrected chi connectivity index (χ0v) is 18.1. The molecule has 2 unspecified atom stereocenters. The highest BCUT2D eigenvalue weighted by Crippen LogP contribution is 2.43. The van der Waals surface area contributed by atoms with Gasteiger partial charge in [0.1, 0.15) is 17.7 Å². The third-order valence-electron chi connectivity index (χ3n) is 5.50. The lowest BCUT2D eigenvalue weighted by molar-refractivity contribution is -0.133. The number of ether oxygens (including phenoxy) is 1. The van der Waals surface area contributed by atoms with Crippen molar-refractivity contribution >= 4 is 17.7 Å². The Balaban J connectivity index is 1.55. The van der Waals surface area contributed by atoms with Crippen molar-refractivity contribution in [2.75, 3.05) is 12.3 Å². The Kier molecular flexibility index (Phi) is 6.75. The molecule has 3 nitrogen and oxygen atoms in total. The molecule has 1 saturated heterocycles. The molecule has 3 aromatic rings. The van der Waals surface area contributed by atoms with Gasteiger partial charge in [0.25, 0.3) is 0 Å². The highest BCUT2D eigenvalue weighted by molar-refractivity contribution is 7.99. The molecule has 30 heavy (non-hydrogen) atoms. The Morgan fingerprint density at radius 2 is 1.67 bits per heavy atom. The largest absolute Gasteiger partial charge is 0.489 e. The van der Waals surface area contributed by atoms with E-state index in [-0.39, 0.29) is 17.2 Å². The highest BCUT2D eigenvalue weighted by atomic mass is 32.2. The number of para-hydroxylation sites is 1. The summed E-state index contributed by atoms with van der Waals surface area (Å²) in [6, 6.07) is 28.4. The van der Waals surface area contributed by atoms with Gasteiger partial charge in [0.2, 0.25) is 5.91 Å². The average Bonchev–Trinajstić information content (AvgIpc) is 3.29. The monoisotopic (exact) mass is 417 g/mol. The van der Waals surface area contributed by atoms with E-state index in [2.05, 4.69) is 37.3 Å². The molecule has 0 N–H and O–H groups in total. The predicted octanol–water partition coefficient (Wildman–Crippen LogP) is 6.03. The van der Waals surface area contributed by atoms with Gasteiger partial charge in [-0.3, -0.25) is 4.79 Å². The second-order valence-electron chi connectivity index (χ2n) is 7.44. The first-order chi connectivity index (χ1) is 14.8. The minimum Gasteiger partial charge on any atom is -0.489 e. The SMILES string of the molecule is CCC(C(=O)N1CCSC1c1ccccc1OCc1ccccc1)c1ccccc1. The van der Waals surface area contributed by atoms with Gasteiger partial charge >= 0.3 is 0 Å². The van der Waals surface area contributed by atoms with Crippen molar-refractivity contribution in [1.29, 1.82) is 0 Å². The molecule has 2 atom stereocenters. The third-order valence-corrected chi connectivity index (χ3v) is 6.75. The number of carbonyl (C=O) groups is 1. The van der Waals surface area contributed by atoms with Crippen molar-refractivity contribution in [3.63, 3.8) is 0 Å². The number of rotatable bonds is 7. The molecule has 1 fully saturated rings. The predicted molar refractivity (Wildman–Crippen MR) is 124 cm³/mol. The van der Waals surface area contributed by atoms with E-state index in [0.717, 1.165) is 41.2 Å². The van der Waals surface area contributed by atoms with Crippen LogP contribution in [0.1, 0.15) is 41.3 Å². The van der Waals surface area contributed by atoms with E-state index in [1.807, 2.05) is 71.3 Å². The van der Waals surface area contributed by atoms with E-state index < -0.39 is 0 Å². The lowest BCUT2D eigenvalue weighted by atomic mass is 9.94. The van der Waals surface area contributed by atoms with Crippen LogP contribution in [0.25, 0.3) is 0 Å². The fourth-order valence-electron chi connectivity index (χ4n) is 3.94. The molecule has 4 heteroatoms. The van der Waals surface area contributed by atoms with Crippen LogP contribution in [-0.2, 0) is 11.4 Å². The highest BCUT2D eigenvalue weighted by Gasteiger charge is 2.35. The molecule has 1 amide bonds. The fraction of sp³-hybridized carbons (Fsp3) is 0.269. The second kappa shape index (κ2) is 9.86. The van der Waals surface area contributed by atoms with Gasteiger partial charge in [-0.05, 0) is 23.6 Å². The summed E-state index contributed by atoms with van der Waals surface area (Å²) in [4.78, 5) is 15.6. The normalized spacial score (nSPS) is 17.0. The Hall–Kier alpha value is -2.72. The molecule has 154 valence electrons. The zero-order chi connectivity index (χ0) is 20.8. The van der Waals surface area contributed by atoms with E-state index in [1.54, 1.807) is 0 Å². The van der Waals surface area contributed by atoms with Crippen LogP contribution in [0, 0.1) is 0 Å². The van der Waals surface area contributed by atoms with E-state index in [1.165, 1.54) is 0 Å². The average molecular weight is 418 g/mol. The van der Waals surface area contributed by atoms with Gasteiger partial charge in [0.05, 0.1) is 5.92 Å². The number of benzene rings is 3. The molecule has 0 aromatic heterocycles. The maximum absolute atomic E-state index is 13.5. The Morgan fingerprint density at radius 3 is 2.40 bits per heavy atom. The van der Waals surface area contributed by atoms with Gasteiger partial charge in [0.15, 0.2) is 0 Å². The summed E-state index contributed by atoms with van der Waals surface area (Å²) in [5, 5.41) is -0.0118. The summed E-state index contributed by atoms with van der Waals surface area (Å²) in [5.41, 5.74) is 3.30. The zero-order valence-electron chi connectivity index (χ0n) is 17.2. The van der Waals surface area contributed by atoms with Gasteiger partial charge in [-0.15, -0.1) is 11.8 Å². The van der Waals surface area contributed by atoms with Crippen LogP contribution in [0.4, 0.5) is 0 Å².